The van der Waals surface area contributed by atoms with Gasteiger partial charge in [0.15, 0.2) is 0 Å². The van der Waals surface area contributed by atoms with Crippen molar-refractivity contribution < 1.29 is 9.47 Å². The fourth-order valence-electron chi connectivity index (χ4n) is 0.834. The Bertz CT molecular complexity index is 91.7. The normalized spacial score (nSPS) is 29.0. The summed E-state index contributed by atoms with van der Waals surface area (Å²) in [4.78, 5) is 0. The van der Waals surface area contributed by atoms with E-state index >= 15 is 0 Å². The van der Waals surface area contributed by atoms with Crippen LogP contribution in [0.3, 0.4) is 0 Å². The Kier molecular flexibility index (Phi) is 1.93. The molecule has 1 heterocycles. The van der Waals surface area contributed by atoms with Gasteiger partial charge in [-0.25, -0.2) is 0 Å². The van der Waals surface area contributed by atoms with E-state index < -0.39 is 8.07 Å². The maximum absolute atomic E-state index is 5.36. The molecule has 0 saturated carbocycles. The number of hydrogen-bond acceptors (Lipinski definition) is 2. The summed E-state index contributed by atoms with van der Waals surface area (Å²) in [5.74, 6) is 0. The summed E-state index contributed by atoms with van der Waals surface area (Å²) in [6.07, 6.45) is 0. The lowest BCUT2D eigenvalue weighted by molar-refractivity contribution is 0.0610. The van der Waals surface area contributed by atoms with E-state index in [2.05, 4.69) is 19.6 Å². The summed E-state index contributed by atoms with van der Waals surface area (Å²) >= 11 is 0. The highest BCUT2D eigenvalue weighted by atomic mass is 28.3. The van der Waals surface area contributed by atoms with Gasteiger partial charge in [-0.2, -0.15) is 0 Å². The molecular weight excluding hydrogens is 132 g/mol. The Morgan fingerprint density at radius 2 is 2.00 bits per heavy atom. The molecule has 0 aromatic heterocycles. The summed E-state index contributed by atoms with van der Waals surface area (Å²) < 4.78 is 10.5. The molecule has 3 heteroatoms. The average Bonchev–Trinajstić information content (AvgIpc) is 2.08. The summed E-state index contributed by atoms with van der Waals surface area (Å²) in [6.45, 7) is 8.22. The smallest absolute Gasteiger partial charge is 0.146 e. The van der Waals surface area contributed by atoms with Crippen LogP contribution in [0, 0.1) is 0 Å². The maximum Gasteiger partial charge on any atom is 0.146 e. The van der Waals surface area contributed by atoms with Crippen molar-refractivity contribution >= 4 is 8.07 Å². The predicted molar refractivity (Wildman–Crippen MR) is 39.0 cm³/mol. The molecule has 54 valence electrons. The van der Waals surface area contributed by atoms with Crippen molar-refractivity contribution in [1.82, 2.24) is 0 Å². The third-order valence-corrected chi connectivity index (χ3v) is 3.85. The molecule has 0 N–H and O–H groups in total. The lowest BCUT2D eigenvalue weighted by Gasteiger charge is -2.21. The summed E-state index contributed by atoms with van der Waals surface area (Å²) in [7, 11) is -1.07. The van der Waals surface area contributed by atoms with Crippen molar-refractivity contribution in [2.75, 3.05) is 13.4 Å². The number of hydrogen-bond donors (Lipinski definition) is 0. The van der Waals surface area contributed by atoms with Crippen molar-refractivity contribution in [2.45, 2.75) is 25.4 Å². The third kappa shape index (κ3) is 1.78. The molecule has 1 saturated heterocycles. The van der Waals surface area contributed by atoms with E-state index in [1.807, 2.05) is 0 Å². The van der Waals surface area contributed by atoms with Gasteiger partial charge in [0, 0.05) is 0 Å². The van der Waals surface area contributed by atoms with Crippen LogP contribution in [0.25, 0.3) is 0 Å². The van der Waals surface area contributed by atoms with Crippen LogP contribution >= 0.6 is 0 Å². The van der Waals surface area contributed by atoms with Crippen molar-refractivity contribution in [2.24, 2.45) is 0 Å². The van der Waals surface area contributed by atoms with Crippen molar-refractivity contribution in [3.8, 4) is 0 Å². The first-order chi connectivity index (χ1) is 4.11. The maximum atomic E-state index is 5.36. The second-order valence-electron chi connectivity index (χ2n) is 3.51. The highest BCUT2D eigenvalue weighted by Gasteiger charge is 2.30. The van der Waals surface area contributed by atoms with Crippen molar-refractivity contribution in [3.05, 3.63) is 0 Å². The van der Waals surface area contributed by atoms with Crippen LogP contribution in [-0.2, 0) is 9.47 Å². The molecule has 1 unspecified atom stereocenters. The number of ether oxygens (including phenoxy) is 2. The highest BCUT2D eigenvalue weighted by molar-refractivity contribution is 6.77. The van der Waals surface area contributed by atoms with Gasteiger partial charge in [-0.15, -0.1) is 0 Å². The van der Waals surface area contributed by atoms with Gasteiger partial charge < -0.3 is 9.47 Å². The van der Waals surface area contributed by atoms with Gasteiger partial charge in [0.1, 0.15) is 6.79 Å². The van der Waals surface area contributed by atoms with Crippen LogP contribution < -0.4 is 0 Å². The van der Waals surface area contributed by atoms with Gasteiger partial charge in [-0.1, -0.05) is 19.6 Å². The third-order valence-electron chi connectivity index (χ3n) is 1.59. The van der Waals surface area contributed by atoms with E-state index in [-0.39, 0.29) is 0 Å². The molecule has 1 aliphatic heterocycles. The van der Waals surface area contributed by atoms with E-state index in [1.165, 1.54) is 0 Å². The molecule has 0 radical (unpaired) electrons. The Morgan fingerprint density at radius 3 is 2.22 bits per heavy atom. The zero-order valence-electron chi connectivity index (χ0n) is 6.31. The van der Waals surface area contributed by atoms with E-state index in [4.69, 9.17) is 9.47 Å². The average molecular weight is 146 g/mol. The van der Waals surface area contributed by atoms with Gasteiger partial charge in [0.2, 0.25) is 0 Å². The van der Waals surface area contributed by atoms with Crippen LogP contribution in [0.5, 0.6) is 0 Å². The summed E-state index contributed by atoms with van der Waals surface area (Å²) in [5, 5.41) is 0. The van der Waals surface area contributed by atoms with Gasteiger partial charge in [-0.3, -0.25) is 0 Å². The molecule has 2 nitrogen and oxygen atoms in total. The van der Waals surface area contributed by atoms with Gasteiger partial charge in [-0.05, 0) is 0 Å². The second kappa shape index (κ2) is 2.40. The molecule has 0 bridgehead atoms. The highest BCUT2D eigenvalue weighted by Crippen LogP contribution is 2.15. The molecule has 0 aromatic rings. The molecule has 0 spiro atoms. The molecule has 1 rings (SSSR count). The Labute approximate surface area is 57.2 Å². The van der Waals surface area contributed by atoms with E-state index in [0.29, 0.717) is 12.5 Å². The fourth-order valence-corrected chi connectivity index (χ4v) is 2.02. The summed E-state index contributed by atoms with van der Waals surface area (Å²) in [6, 6.07) is 0. The van der Waals surface area contributed by atoms with E-state index in [1.54, 1.807) is 0 Å². The first-order valence-corrected chi connectivity index (χ1v) is 6.88. The van der Waals surface area contributed by atoms with E-state index in [0.717, 1.165) is 6.61 Å². The van der Waals surface area contributed by atoms with Gasteiger partial charge in [0.25, 0.3) is 0 Å². The van der Waals surface area contributed by atoms with Crippen molar-refractivity contribution in [3.63, 3.8) is 0 Å². The Hall–Kier alpha value is 0.137. The van der Waals surface area contributed by atoms with Gasteiger partial charge in [0.05, 0.1) is 20.4 Å². The zero-order chi connectivity index (χ0) is 6.91. The van der Waals surface area contributed by atoms with Crippen LogP contribution in [0.15, 0.2) is 0 Å². The molecule has 9 heavy (non-hydrogen) atoms. The molecule has 1 fully saturated rings. The number of rotatable bonds is 1. The lowest BCUT2D eigenvalue weighted by atomic mass is 10.8. The van der Waals surface area contributed by atoms with Crippen LogP contribution in [-0.4, -0.2) is 27.2 Å². The molecule has 0 aromatic carbocycles. The molecular formula is C6H14O2Si. The Morgan fingerprint density at radius 1 is 1.33 bits per heavy atom. The Balaban J connectivity index is 2.42. The standard InChI is InChI=1S/C6H14O2Si/c1-9(2,3)6-4-7-5-8-6/h6H,4-5H2,1-3H3. The topological polar surface area (TPSA) is 18.5 Å². The minimum atomic E-state index is -1.07. The molecule has 0 amide bonds. The van der Waals surface area contributed by atoms with Crippen molar-refractivity contribution in [1.29, 1.82) is 0 Å². The van der Waals surface area contributed by atoms with Gasteiger partial charge >= 0.3 is 0 Å². The zero-order valence-corrected chi connectivity index (χ0v) is 7.31. The first kappa shape index (κ1) is 7.25. The minimum Gasteiger partial charge on any atom is -0.353 e. The monoisotopic (exact) mass is 146 g/mol. The molecule has 1 atom stereocenters. The van der Waals surface area contributed by atoms with Crippen LogP contribution in [0.2, 0.25) is 19.6 Å². The second-order valence-corrected chi connectivity index (χ2v) is 8.89. The fraction of sp³-hybridized carbons (Fsp3) is 1.00. The largest absolute Gasteiger partial charge is 0.353 e. The first-order valence-electron chi connectivity index (χ1n) is 3.30. The minimum absolute atomic E-state index is 0.428. The summed E-state index contributed by atoms with van der Waals surface area (Å²) in [5.41, 5.74) is 0.428. The van der Waals surface area contributed by atoms with Crippen LogP contribution in [0.4, 0.5) is 0 Å². The molecule has 0 aliphatic carbocycles. The van der Waals surface area contributed by atoms with E-state index in [9.17, 15) is 0 Å². The molecule has 1 aliphatic rings. The SMILES string of the molecule is C[Si](C)(C)C1COCO1. The van der Waals surface area contributed by atoms with Crippen LogP contribution in [0.1, 0.15) is 0 Å². The quantitative estimate of drug-likeness (QED) is 0.518. The predicted octanol–water partition coefficient (Wildman–Crippen LogP) is 1.24. The lowest BCUT2D eigenvalue weighted by Crippen LogP contribution is -2.39.